The van der Waals surface area contributed by atoms with E-state index in [0.717, 1.165) is 28.5 Å². The van der Waals surface area contributed by atoms with Crippen molar-refractivity contribution < 1.29 is 14.4 Å². The van der Waals surface area contributed by atoms with Gasteiger partial charge in [0.2, 0.25) is 5.91 Å². The SMILES string of the molecule is O=C(Nc1ccc(CN2C(=O)CSC2=O)cc1)c1ccc(-c2ccccc2)cc1. The molecule has 29 heavy (non-hydrogen) atoms. The van der Waals surface area contributed by atoms with Gasteiger partial charge in [-0.05, 0) is 41.0 Å². The molecule has 0 unspecified atom stereocenters. The van der Waals surface area contributed by atoms with Gasteiger partial charge in [-0.1, -0.05) is 66.4 Å². The quantitative estimate of drug-likeness (QED) is 0.666. The van der Waals surface area contributed by atoms with E-state index < -0.39 is 0 Å². The van der Waals surface area contributed by atoms with Crippen LogP contribution in [-0.2, 0) is 11.3 Å². The smallest absolute Gasteiger partial charge is 0.289 e. The number of hydrogen-bond acceptors (Lipinski definition) is 4. The Morgan fingerprint density at radius 2 is 1.52 bits per heavy atom. The van der Waals surface area contributed by atoms with Crippen molar-refractivity contribution in [2.75, 3.05) is 11.1 Å². The fourth-order valence-corrected chi connectivity index (χ4v) is 3.78. The molecule has 1 heterocycles. The first-order valence-electron chi connectivity index (χ1n) is 9.13. The van der Waals surface area contributed by atoms with E-state index in [1.807, 2.05) is 42.5 Å². The molecule has 0 bridgehead atoms. The summed E-state index contributed by atoms with van der Waals surface area (Å²) in [5.41, 5.74) is 4.21. The number of imide groups is 1. The fraction of sp³-hybridized carbons (Fsp3) is 0.0870. The third-order valence-corrected chi connectivity index (χ3v) is 5.51. The average molecular weight is 402 g/mol. The Morgan fingerprint density at radius 1 is 0.862 bits per heavy atom. The van der Waals surface area contributed by atoms with E-state index in [1.165, 1.54) is 4.90 Å². The second-order valence-corrected chi connectivity index (χ2v) is 7.56. The highest BCUT2D eigenvalue weighted by Crippen LogP contribution is 2.22. The molecule has 0 aromatic heterocycles. The van der Waals surface area contributed by atoms with Crippen LogP contribution in [0.5, 0.6) is 0 Å². The summed E-state index contributed by atoms with van der Waals surface area (Å²) in [6.45, 7) is 0.250. The van der Waals surface area contributed by atoms with Crippen molar-refractivity contribution in [3.63, 3.8) is 0 Å². The summed E-state index contributed by atoms with van der Waals surface area (Å²) in [5.74, 6) is -0.161. The highest BCUT2D eigenvalue weighted by atomic mass is 32.2. The van der Waals surface area contributed by atoms with Crippen molar-refractivity contribution in [3.8, 4) is 11.1 Å². The van der Waals surface area contributed by atoms with Gasteiger partial charge in [0.25, 0.3) is 11.1 Å². The molecule has 1 saturated heterocycles. The van der Waals surface area contributed by atoms with E-state index >= 15 is 0 Å². The predicted molar refractivity (Wildman–Crippen MR) is 115 cm³/mol. The lowest BCUT2D eigenvalue weighted by Gasteiger charge is -2.13. The first-order valence-corrected chi connectivity index (χ1v) is 10.1. The van der Waals surface area contributed by atoms with Gasteiger partial charge in [0, 0.05) is 11.3 Å². The topological polar surface area (TPSA) is 66.5 Å². The van der Waals surface area contributed by atoms with Gasteiger partial charge in [0.05, 0.1) is 12.3 Å². The summed E-state index contributed by atoms with van der Waals surface area (Å²) in [5, 5.41) is 2.65. The lowest BCUT2D eigenvalue weighted by Crippen LogP contribution is -2.27. The Balaban J connectivity index is 1.39. The fourth-order valence-electron chi connectivity index (χ4n) is 3.06. The molecule has 1 N–H and O–H groups in total. The highest BCUT2D eigenvalue weighted by molar-refractivity contribution is 8.14. The summed E-state index contributed by atoms with van der Waals surface area (Å²) < 4.78 is 0. The number of hydrogen-bond donors (Lipinski definition) is 1. The van der Waals surface area contributed by atoms with Crippen molar-refractivity contribution in [1.82, 2.24) is 4.90 Å². The molecule has 0 aliphatic carbocycles. The van der Waals surface area contributed by atoms with Gasteiger partial charge in [-0.15, -0.1) is 0 Å². The third-order valence-electron chi connectivity index (χ3n) is 4.65. The van der Waals surface area contributed by atoms with E-state index in [1.54, 1.807) is 36.4 Å². The first kappa shape index (κ1) is 19.0. The number of thioether (sulfide) groups is 1. The van der Waals surface area contributed by atoms with Gasteiger partial charge in [-0.25, -0.2) is 0 Å². The van der Waals surface area contributed by atoms with Crippen LogP contribution in [0.15, 0.2) is 78.9 Å². The van der Waals surface area contributed by atoms with Crippen LogP contribution in [0.2, 0.25) is 0 Å². The first-order chi connectivity index (χ1) is 14.1. The molecule has 1 fully saturated rings. The molecule has 1 aliphatic rings. The minimum Gasteiger partial charge on any atom is -0.322 e. The summed E-state index contributed by atoms with van der Waals surface area (Å²) in [6.07, 6.45) is 0. The van der Waals surface area contributed by atoms with Gasteiger partial charge in [-0.3, -0.25) is 19.3 Å². The number of carbonyl (C=O) groups excluding carboxylic acids is 3. The Morgan fingerprint density at radius 3 is 2.14 bits per heavy atom. The molecular weight excluding hydrogens is 384 g/mol. The van der Waals surface area contributed by atoms with E-state index in [4.69, 9.17) is 0 Å². The maximum absolute atomic E-state index is 12.5. The van der Waals surface area contributed by atoms with E-state index in [2.05, 4.69) is 5.32 Å². The highest BCUT2D eigenvalue weighted by Gasteiger charge is 2.29. The molecule has 3 amide bonds. The van der Waals surface area contributed by atoms with Gasteiger partial charge in [-0.2, -0.15) is 0 Å². The average Bonchev–Trinajstić information content (AvgIpc) is 3.08. The molecule has 1 aliphatic heterocycles. The lowest BCUT2D eigenvalue weighted by molar-refractivity contribution is -0.125. The number of carbonyl (C=O) groups is 3. The Hall–Kier alpha value is -3.38. The van der Waals surface area contributed by atoms with E-state index in [0.29, 0.717) is 11.3 Å². The molecule has 0 spiro atoms. The van der Waals surface area contributed by atoms with Crippen molar-refractivity contribution in [2.24, 2.45) is 0 Å². The van der Waals surface area contributed by atoms with Crippen molar-refractivity contribution in [3.05, 3.63) is 90.0 Å². The van der Waals surface area contributed by atoms with Crippen LogP contribution in [0, 0.1) is 0 Å². The second-order valence-electron chi connectivity index (χ2n) is 6.63. The van der Waals surface area contributed by atoms with Crippen LogP contribution in [-0.4, -0.2) is 27.7 Å². The Labute approximate surface area is 172 Å². The summed E-state index contributed by atoms with van der Waals surface area (Å²) in [6, 6.07) is 24.6. The molecule has 144 valence electrons. The number of nitrogens with one attached hydrogen (secondary N) is 1. The molecule has 5 nitrogen and oxygen atoms in total. The van der Waals surface area contributed by atoms with Crippen LogP contribution in [0.3, 0.4) is 0 Å². The lowest BCUT2D eigenvalue weighted by atomic mass is 10.0. The zero-order valence-corrected chi connectivity index (χ0v) is 16.3. The van der Waals surface area contributed by atoms with Crippen LogP contribution >= 0.6 is 11.8 Å². The van der Waals surface area contributed by atoms with Crippen LogP contribution in [0.4, 0.5) is 10.5 Å². The molecule has 3 aromatic carbocycles. The monoisotopic (exact) mass is 402 g/mol. The van der Waals surface area contributed by atoms with Gasteiger partial charge in [0.15, 0.2) is 0 Å². The minimum atomic E-state index is -0.216. The zero-order chi connectivity index (χ0) is 20.2. The summed E-state index contributed by atoms with van der Waals surface area (Å²) >= 11 is 1.02. The molecule has 3 aromatic rings. The summed E-state index contributed by atoms with van der Waals surface area (Å²) in [7, 11) is 0. The number of nitrogens with zero attached hydrogens (tertiary/aromatic N) is 1. The normalized spacial score (nSPS) is 13.6. The number of rotatable bonds is 5. The number of amides is 3. The van der Waals surface area contributed by atoms with Gasteiger partial charge in [0.1, 0.15) is 0 Å². The van der Waals surface area contributed by atoms with E-state index in [9.17, 15) is 14.4 Å². The Bertz CT molecular complexity index is 1030. The van der Waals surface area contributed by atoms with Crippen LogP contribution in [0.1, 0.15) is 15.9 Å². The molecule has 4 rings (SSSR count). The Kier molecular flexibility index (Phi) is 5.44. The number of benzene rings is 3. The molecule has 0 atom stereocenters. The van der Waals surface area contributed by atoms with Crippen LogP contribution < -0.4 is 5.32 Å². The summed E-state index contributed by atoms with van der Waals surface area (Å²) in [4.78, 5) is 37.1. The number of anilines is 1. The zero-order valence-electron chi connectivity index (χ0n) is 15.5. The van der Waals surface area contributed by atoms with Gasteiger partial charge >= 0.3 is 0 Å². The van der Waals surface area contributed by atoms with Gasteiger partial charge < -0.3 is 5.32 Å². The van der Waals surface area contributed by atoms with Crippen LogP contribution in [0.25, 0.3) is 11.1 Å². The second kappa shape index (κ2) is 8.32. The largest absolute Gasteiger partial charge is 0.322 e. The van der Waals surface area contributed by atoms with Crippen molar-refractivity contribution in [1.29, 1.82) is 0 Å². The maximum Gasteiger partial charge on any atom is 0.289 e. The standard InChI is InChI=1S/C23H18N2O3S/c26-21-15-29-23(28)25(21)14-16-6-12-20(13-7-16)24-22(27)19-10-8-18(9-11-19)17-4-2-1-3-5-17/h1-13H,14-15H2,(H,24,27). The predicted octanol–water partition coefficient (Wildman–Crippen LogP) is 4.80. The molecule has 6 heteroatoms. The maximum atomic E-state index is 12.5. The van der Waals surface area contributed by atoms with Crippen molar-refractivity contribution in [2.45, 2.75) is 6.54 Å². The molecular formula is C23H18N2O3S. The molecule has 0 radical (unpaired) electrons. The van der Waals surface area contributed by atoms with Crippen molar-refractivity contribution >= 4 is 34.5 Å². The third kappa shape index (κ3) is 4.38. The van der Waals surface area contributed by atoms with E-state index in [-0.39, 0.29) is 29.4 Å². The minimum absolute atomic E-state index is 0.170. The molecule has 0 saturated carbocycles.